The van der Waals surface area contributed by atoms with Crippen LogP contribution in [0, 0.1) is 0 Å². The minimum atomic E-state index is -0.917. The number of H-pyrrole nitrogens is 1. The van der Waals surface area contributed by atoms with Crippen LogP contribution in [0.2, 0.25) is 0 Å². The van der Waals surface area contributed by atoms with E-state index in [4.69, 9.17) is 0 Å². The molecule has 1 heterocycles. The van der Waals surface area contributed by atoms with Crippen molar-refractivity contribution in [3.8, 4) is 11.4 Å². The Bertz CT molecular complexity index is 578. The monoisotopic (exact) mass is 242 g/mol. The van der Waals surface area contributed by atoms with Gasteiger partial charge in [0.2, 0.25) is 0 Å². The molecule has 0 saturated heterocycles. The highest BCUT2D eigenvalue weighted by molar-refractivity contribution is 5.94. The average molecular weight is 242 g/mol. The molecule has 0 bridgehead atoms. The van der Waals surface area contributed by atoms with Crippen molar-refractivity contribution in [2.45, 2.75) is 25.7 Å². The first-order valence-electron chi connectivity index (χ1n) is 6.16. The fraction of sp³-hybridized carbons (Fsp3) is 0.286. The summed E-state index contributed by atoms with van der Waals surface area (Å²) in [6.45, 7) is 0. The van der Waals surface area contributed by atoms with Crippen LogP contribution in [0.3, 0.4) is 0 Å². The lowest BCUT2D eigenvalue weighted by molar-refractivity contribution is 0.0697. The highest BCUT2D eigenvalue weighted by atomic mass is 16.4. The van der Waals surface area contributed by atoms with Gasteiger partial charge in [-0.15, -0.1) is 0 Å². The number of nitrogens with one attached hydrogen (secondary N) is 1. The number of aromatic carboxylic acids is 1. The maximum absolute atomic E-state index is 11.2. The summed E-state index contributed by atoms with van der Waals surface area (Å²) in [5.74, 6) is -0.236. The molecule has 18 heavy (non-hydrogen) atoms. The van der Waals surface area contributed by atoms with Crippen molar-refractivity contribution in [2.24, 2.45) is 0 Å². The molecule has 3 rings (SSSR count). The Kier molecular flexibility index (Phi) is 2.63. The van der Waals surface area contributed by atoms with Crippen LogP contribution in [0.25, 0.3) is 11.4 Å². The Morgan fingerprint density at radius 3 is 2.78 bits per heavy atom. The number of hydrogen-bond donors (Lipinski definition) is 2. The van der Waals surface area contributed by atoms with Gasteiger partial charge in [0.15, 0.2) is 0 Å². The van der Waals surface area contributed by atoms with Gasteiger partial charge in [-0.3, -0.25) is 0 Å². The molecular weight excluding hydrogens is 228 g/mol. The lowest BCUT2D eigenvalue weighted by Gasteiger charge is -2.07. The minimum Gasteiger partial charge on any atom is -0.478 e. The molecule has 92 valence electrons. The highest BCUT2D eigenvalue weighted by Gasteiger charge is 2.18. The smallest absolute Gasteiger partial charge is 0.336 e. The lowest BCUT2D eigenvalue weighted by Crippen LogP contribution is -2.00. The van der Waals surface area contributed by atoms with Crippen molar-refractivity contribution in [1.29, 1.82) is 0 Å². The molecular formula is C14H14N2O2. The van der Waals surface area contributed by atoms with Crippen molar-refractivity contribution < 1.29 is 9.90 Å². The first-order chi connectivity index (χ1) is 8.75. The third-order valence-corrected chi connectivity index (χ3v) is 3.37. The van der Waals surface area contributed by atoms with E-state index in [-0.39, 0.29) is 0 Å². The predicted molar refractivity (Wildman–Crippen MR) is 67.6 cm³/mol. The van der Waals surface area contributed by atoms with Crippen molar-refractivity contribution in [3.05, 3.63) is 41.2 Å². The van der Waals surface area contributed by atoms with Gasteiger partial charge < -0.3 is 10.1 Å². The zero-order valence-corrected chi connectivity index (χ0v) is 9.94. The van der Waals surface area contributed by atoms with Crippen LogP contribution in [0.5, 0.6) is 0 Å². The molecule has 1 aliphatic rings. The molecule has 0 unspecified atom stereocenters. The third-order valence-electron chi connectivity index (χ3n) is 3.37. The van der Waals surface area contributed by atoms with Crippen LogP contribution in [-0.2, 0) is 12.8 Å². The van der Waals surface area contributed by atoms with E-state index in [1.54, 1.807) is 18.2 Å². The van der Waals surface area contributed by atoms with E-state index >= 15 is 0 Å². The van der Waals surface area contributed by atoms with Gasteiger partial charge in [0.05, 0.1) is 11.3 Å². The van der Waals surface area contributed by atoms with Crippen LogP contribution in [0.4, 0.5) is 0 Å². The molecule has 2 aromatic rings. The second kappa shape index (κ2) is 4.29. The number of nitrogens with zero attached hydrogens (tertiary/aromatic N) is 1. The number of aromatic nitrogens is 2. The van der Waals surface area contributed by atoms with Crippen LogP contribution >= 0.6 is 0 Å². The van der Waals surface area contributed by atoms with E-state index < -0.39 is 5.97 Å². The lowest BCUT2D eigenvalue weighted by atomic mass is 10.0. The Hall–Kier alpha value is -2.10. The minimum absolute atomic E-state index is 0.295. The first kappa shape index (κ1) is 11.0. The normalized spacial score (nSPS) is 14.2. The molecule has 0 amide bonds. The number of fused-ring (bicyclic) bond motifs is 1. The number of carboxylic acids is 1. The van der Waals surface area contributed by atoms with Crippen molar-refractivity contribution in [2.75, 3.05) is 0 Å². The molecule has 1 aliphatic carbocycles. The number of benzene rings is 1. The van der Waals surface area contributed by atoms with Gasteiger partial charge in [0.25, 0.3) is 0 Å². The van der Waals surface area contributed by atoms with E-state index in [2.05, 4.69) is 9.97 Å². The van der Waals surface area contributed by atoms with Crippen molar-refractivity contribution in [3.63, 3.8) is 0 Å². The number of carbonyl (C=O) groups is 1. The first-order valence-corrected chi connectivity index (χ1v) is 6.16. The summed E-state index contributed by atoms with van der Waals surface area (Å²) in [5.41, 5.74) is 3.22. The second-order valence-corrected chi connectivity index (χ2v) is 4.57. The number of aromatic amines is 1. The van der Waals surface area contributed by atoms with Crippen molar-refractivity contribution in [1.82, 2.24) is 9.97 Å². The summed E-state index contributed by atoms with van der Waals surface area (Å²) in [6, 6.07) is 6.98. The molecule has 1 aromatic carbocycles. The van der Waals surface area contributed by atoms with Crippen LogP contribution < -0.4 is 0 Å². The predicted octanol–water partition coefficient (Wildman–Crippen LogP) is 2.65. The molecule has 0 atom stereocenters. The highest BCUT2D eigenvalue weighted by Crippen LogP contribution is 2.26. The molecule has 0 aliphatic heterocycles. The summed E-state index contributed by atoms with van der Waals surface area (Å²) >= 11 is 0. The maximum atomic E-state index is 11.2. The van der Waals surface area contributed by atoms with E-state index in [1.165, 1.54) is 6.42 Å². The van der Waals surface area contributed by atoms with Crippen molar-refractivity contribution >= 4 is 5.97 Å². The maximum Gasteiger partial charge on any atom is 0.336 e. The Morgan fingerprint density at radius 2 is 2.00 bits per heavy atom. The van der Waals surface area contributed by atoms with E-state index in [0.29, 0.717) is 17.0 Å². The van der Waals surface area contributed by atoms with E-state index in [1.807, 2.05) is 6.07 Å². The van der Waals surface area contributed by atoms with Gasteiger partial charge in [-0.05, 0) is 31.7 Å². The zero-order valence-electron chi connectivity index (χ0n) is 9.94. The third kappa shape index (κ3) is 1.79. The fourth-order valence-corrected chi connectivity index (χ4v) is 2.46. The molecule has 1 aromatic heterocycles. The van der Waals surface area contributed by atoms with Crippen LogP contribution in [0.15, 0.2) is 24.3 Å². The van der Waals surface area contributed by atoms with Gasteiger partial charge in [-0.1, -0.05) is 18.2 Å². The Morgan fingerprint density at radius 1 is 1.22 bits per heavy atom. The molecule has 4 heteroatoms. The largest absolute Gasteiger partial charge is 0.478 e. The number of hydrogen-bond acceptors (Lipinski definition) is 2. The molecule has 0 fully saturated rings. The number of rotatable bonds is 2. The van der Waals surface area contributed by atoms with Gasteiger partial charge in [0.1, 0.15) is 5.82 Å². The Balaban J connectivity index is 2.09. The molecule has 2 N–H and O–H groups in total. The van der Waals surface area contributed by atoms with E-state index in [0.717, 1.165) is 30.7 Å². The standard InChI is InChI=1S/C14H14N2O2/c17-14(18)10-6-2-1-5-9(10)13-15-11-7-3-4-8-12(11)16-13/h1-2,5-6H,3-4,7-8H2,(H,15,16)(H,17,18). The molecule has 0 saturated carbocycles. The summed E-state index contributed by atoms with van der Waals surface area (Å²) in [4.78, 5) is 19.0. The van der Waals surface area contributed by atoms with E-state index in [9.17, 15) is 9.90 Å². The summed E-state index contributed by atoms with van der Waals surface area (Å²) < 4.78 is 0. The molecule has 0 spiro atoms. The number of carboxylic acid groups (broad SMARTS) is 1. The van der Waals surface area contributed by atoms with Gasteiger partial charge in [-0.25, -0.2) is 9.78 Å². The van der Waals surface area contributed by atoms with Gasteiger partial charge >= 0.3 is 5.97 Å². The van der Waals surface area contributed by atoms with Gasteiger partial charge in [0, 0.05) is 11.3 Å². The Labute approximate surface area is 105 Å². The van der Waals surface area contributed by atoms with Crippen LogP contribution in [-0.4, -0.2) is 21.0 Å². The summed E-state index contributed by atoms with van der Waals surface area (Å²) in [5, 5.41) is 9.19. The van der Waals surface area contributed by atoms with Gasteiger partial charge in [-0.2, -0.15) is 0 Å². The number of imidazole rings is 1. The fourth-order valence-electron chi connectivity index (χ4n) is 2.46. The zero-order chi connectivity index (χ0) is 12.5. The molecule has 0 radical (unpaired) electrons. The SMILES string of the molecule is O=C(O)c1ccccc1-c1nc2c([nH]1)CCCC2. The number of aryl methyl sites for hydroxylation is 2. The van der Waals surface area contributed by atoms with Crippen LogP contribution in [0.1, 0.15) is 34.6 Å². The topological polar surface area (TPSA) is 66.0 Å². The second-order valence-electron chi connectivity index (χ2n) is 4.57. The summed E-state index contributed by atoms with van der Waals surface area (Å²) in [7, 11) is 0. The average Bonchev–Trinajstić information content (AvgIpc) is 2.82. The quantitative estimate of drug-likeness (QED) is 0.850. The summed E-state index contributed by atoms with van der Waals surface area (Å²) in [6.07, 6.45) is 4.34. The molecule has 4 nitrogen and oxygen atoms in total.